The molecule has 27 heavy (non-hydrogen) atoms. The SMILES string of the molecule is CN(Cc1cn[nH]c1-c1ccc2c(c1)OCO2)[C@H]1CCCc2ccccc21. The van der Waals surface area contributed by atoms with E-state index < -0.39 is 0 Å². The van der Waals surface area contributed by atoms with Crippen molar-refractivity contribution in [2.45, 2.75) is 31.8 Å². The van der Waals surface area contributed by atoms with Crippen LogP contribution in [0, 0.1) is 0 Å². The fraction of sp³-hybridized carbons (Fsp3) is 0.318. The van der Waals surface area contributed by atoms with Gasteiger partial charge in [-0.2, -0.15) is 5.10 Å². The Morgan fingerprint density at radius 3 is 3.00 bits per heavy atom. The number of nitrogens with zero attached hydrogens (tertiary/aromatic N) is 2. The van der Waals surface area contributed by atoms with E-state index in [1.54, 1.807) is 0 Å². The van der Waals surface area contributed by atoms with E-state index in [0.717, 1.165) is 29.3 Å². The Hall–Kier alpha value is -2.79. The second kappa shape index (κ2) is 6.74. The third-order valence-corrected chi connectivity index (χ3v) is 5.67. The topological polar surface area (TPSA) is 50.4 Å². The number of hydrogen-bond acceptors (Lipinski definition) is 4. The fourth-order valence-electron chi connectivity index (χ4n) is 4.30. The van der Waals surface area contributed by atoms with Gasteiger partial charge in [-0.15, -0.1) is 0 Å². The number of nitrogens with one attached hydrogen (secondary N) is 1. The number of ether oxygens (including phenoxy) is 2. The second-order valence-corrected chi connectivity index (χ2v) is 7.36. The van der Waals surface area contributed by atoms with Crippen LogP contribution >= 0.6 is 0 Å². The third-order valence-electron chi connectivity index (χ3n) is 5.67. The van der Waals surface area contributed by atoms with Gasteiger partial charge in [-0.25, -0.2) is 0 Å². The molecule has 2 aliphatic rings. The molecule has 0 spiro atoms. The Morgan fingerprint density at radius 1 is 1.15 bits per heavy atom. The number of benzene rings is 2. The second-order valence-electron chi connectivity index (χ2n) is 7.36. The summed E-state index contributed by atoms with van der Waals surface area (Å²) in [5, 5.41) is 7.48. The van der Waals surface area contributed by atoms with E-state index in [2.05, 4.69) is 52.5 Å². The molecule has 0 bridgehead atoms. The molecule has 2 aromatic carbocycles. The van der Waals surface area contributed by atoms with Crippen LogP contribution in [0.5, 0.6) is 11.5 Å². The minimum absolute atomic E-state index is 0.290. The molecule has 1 aliphatic heterocycles. The van der Waals surface area contributed by atoms with E-state index in [4.69, 9.17) is 9.47 Å². The first-order valence-corrected chi connectivity index (χ1v) is 9.50. The lowest BCUT2D eigenvalue weighted by Gasteiger charge is -2.33. The van der Waals surface area contributed by atoms with Crippen molar-refractivity contribution in [2.75, 3.05) is 13.8 Å². The fourth-order valence-corrected chi connectivity index (χ4v) is 4.30. The van der Waals surface area contributed by atoms with Gasteiger partial charge >= 0.3 is 0 Å². The highest BCUT2D eigenvalue weighted by Crippen LogP contribution is 2.38. The molecule has 5 heteroatoms. The van der Waals surface area contributed by atoms with Crippen molar-refractivity contribution in [2.24, 2.45) is 0 Å². The Kier molecular flexibility index (Phi) is 4.09. The molecule has 5 rings (SSSR count). The molecule has 0 saturated carbocycles. The molecule has 138 valence electrons. The highest BCUT2D eigenvalue weighted by molar-refractivity contribution is 5.67. The van der Waals surface area contributed by atoms with Crippen LogP contribution in [0.3, 0.4) is 0 Å². The molecule has 2 heterocycles. The number of rotatable bonds is 4. The quantitative estimate of drug-likeness (QED) is 0.752. The normalized spacial score (nSPS) is 17.9. The van der Waals surface area contributed by atoms with Gasteiger partial charge in [0, 0.05) is 23.7 Å². The van der Waals surface area contributed by atoms with E-state index in [0.29, 0.717) is 12.8 Å². The van der Waals surface area contributed by atoms with Crippen molar-refractivity contribution >= 4 is 0 Å². The summed E-state index contributed by atoms with van der Waals surface area (Å²) in [6.07, 6.45) is 5.57. The average Bonchev–Trinajstić information content (AvgIpc) is 3.36. The predicted molar refractivity (Wildman–Crippen MR) is 104 cm³/mol. The summed E-state index contributed by atoms with van der Waals surface area (Å²) in [5.41, 5.74) is 6.27. The largest absolute Gasteiger partial charge is 0.454 e. The molecule has 5 nitrogen and oxygen atoms in total. The van der Waals surface area contributed by atoms with Crippen LogP contribution in [0.1, 0.15) is 35.6 Å². The summed E-state index contributed by atoms with van der Waals surface area (Å²) in [4.78, 5) is 2.44. The smallest absolute Gasteiger partial charge is 0.231 e. The van der Waals surface area contributed by atoms with Crippen molar-refractivity contribution < 1.29 is 9.47 Å². The van der Waals surface area contributed by atoms with Gasteiger partial charge in [0.1, 0.15) is 0 Å². The summed E-state index contributed by atoms with van der Waals surface area (Å²) in [7, 11) is 2.21. The molecular formula is C22H23N3O2. The Bertz CT molecular complexity index is 966. The predicted octanol–water partition coefficient (Wildman–Crippen LogP) is 4.31. The lowest BCUT2D eigenvalue weighted by Crippen LogP contribution is -2.27. The number of hydrogen-bond donors (Lipinski definition) is 1. The number of aryl methyl sites for hydroxylation is 1. The van der Waals surface area contributed by atoms with E-state index in [-0.39, 0.29) is 0 Å². The van der Waals surface area contributed by atoms with Crippen LogP contribution in [0.4, 0.5) is 0 Å². The summed E-state index contributed by atoms with van der Waals surface area (Å²) in [6.45, 7) is 1.14. The van der Waals surface area contributed by atoms with Gasteiger partial charge < -0.3 is 9.47 Å². The maximum absolute atomic E-state index is 5.53. The summed E-state index contributed by atoms with van der Waals surface area (Å²) in [5.74, 6) is 1.60. The molecule has 0 saturated heterocycles. The summed E-state index contributed by atoms with van der Waals surface area (Å²) in [6, 6.07) is 15.3. The van der Waals surface area contributed by atoms with Gasteiger partial charge in [-0.3, -0.25) is 10.00 Å². The Balaban J connectivity index is 1.41. The standard InChI is InChI=1S/C22H23N3O2/c1-25(19-8-4-6-15-5-2-3-7-18(15)19)13-17-12-23-24-22(17)16-9-10-20-21(11-16)27-14-26-20/h2-3,5,7,9-12,19H,4,6,8,13-14H2,1H3,(H,23,24)/t19-/m0/s1. The minimum Gasteiger partial charge on any atom is -0.454 e. The highest BCUT2D eigenvalue weighted by atomic mass is 16.7. The van der Waals surface area contributed by atoms with Crippen LogP contribution in [0.15, 0.2) is 48.7 Å². The minimum atomic E-state index is 0.290. The van der Waals surface area contributed by atoms with Crippen LogP contribution in [0.25, 0.3) is 11.3 Å². The maximum Gasteiger partial charge on any atom is 0.231 e. The molecule has 0 radical (unpaired) electrons. The zero-order chi connectivity index (χ0) is 18.2. The van der Waals surface area contributed by atoms with E-state index >= 15 is 0 Å². The van der Waals surface area contributed by atoms with Crippen molar-refractivity contribution in [1.82, 2.24) is 15.1 Å². The van der Waals surface area contributed by atoms with Gasteiger partial charge in [0.15, 0.2) is 11.5 Å². The zero-order valence-electron chi connectivity index (χ0n) is 15.4. The van der Waals surface area contributed by atoms with Crippen molar-refractivity contribution in [3.8, 4) is 22.8 Å². The van der Waals surface area contributed by atoms with Crippen LogP contribution in [0.2, 0.25) is 0 Å². The number of fused-ring (bicyclic) bond motifs is 2. The Labute approximate surface area is 158 Å². The molecule has 1 aromatic heterocycles. The first kappa shape index (κ1) is 16.4. The molecule has 0 unspecified atom stereocenters. The average molecular weight is 361 g/mol. The lowest BCUT2D eigenvalue weighted by atomic mass is 9.87. The Morgan fingerprint density at radius 2 is 2.04 bits per heavy atom. The molecule has 0 amide bonds. The summed E-state index contributed by atoms with van der Waals surface area (Å²) >= 11 is 0. The van der Waals surface area contributed by atoms with Crippen molar-refractivity contribution in [3.05, 3.63) is 65.4 Å². The zero-order valence-corrected chi connectivity index (χ0v) is 15.4. The van der Waals surface area contributed by atoms with E-state index in [1.165, 1.54) is 36.0 Å². The van der Waals surface area contributed by atoms with Gasteiger partial charge in [0.25, 0.3) is 0 Å². The lowest BCUT2D eigenvalue weighted by molar-refractivity contribution is 0.174. The number of H-pyrrole nitrogens is 1. The number of aromatic nitrogens is 2. The first-order valence-electron chi connectivity index (χ1n) is 9.50. The van der Waals surface area contributed by atoms with Gasteiger partial charge in [0.2, 0.25) is 6.79 Å². The van der Waals surface area contributed by atoms with Crippen molar-refractivity contribution in [1.29, 1.82) is 0 Å². The maximum atomic E-state index is 5.53. The molecule has 0 fully saturated rings. The van der Waals surface area contributed by atoms with Gasteiger partial charge in [0.05, 0.1) is 11.9 Å². The van der Waals surface area contributed by atoms with Crippen LogP contribution in [-0.2, 0) is 13.0 Å². The van der Waals surface area contributed by atoms with Gasteiger partial charge in [-0.1, -0.05) is 24.3 Å². The number of aromatic amines is 1. The first-order chi connectivity index (χ1) is 13.3. The highest BCUT2D eigenvalue weighted by Gasteiger charge is 2.24. The summed E-state index contributed by atoms with van der Waals surface area (Å²) < 4.78 is 10.9. The molecule has 1 N–H and O–H groups in total. The van der Waals surface area contributed by atoms with Gasteiger partial charge in [-0.05, 0) is 55.6 Å². The van der Waals surface area contributed by atoms with Crippen LogP contribution in [-0.4, -0.2) is 28.9 Å². The third kappa shape index (κ3) is 2.98. The monoisotopic (exact) mass is 361 g/mol. The van der Waals surface area contributed by atoms with Crippen LogP contribution < -0.4 is 9.47 Å². The van der Waals surface area contributed by atoms with Crippen molar-refractivity contribution in [3.63, 3.8) is 0 Å². The molecule has 3 aromatic rings. The van der Waals surface area contributed by atoms with E-state index in [1.807, 2.05) is 18.3 Å². The van der Waals surface area contributed by atoms with E-state index in [9.17, 15) is 0 Å². The molecule has 1 atom stereocenters. The molecular weight excluding hydrogens is 338 g/mol. The molecule has 1 aliphatic carbocycles.